The van der Waals surface area contributed by atoms with Crippen molar-refractivity contribution in [3.05, 3.63) is 84.7 Å². The van der Waals surface area contributed by atoms with Crippen LogP contribution in [0.5, 0.6) is 0 Å². The summed E-state index contributed by atoms with van der Waals surface area (Å²) >= 11 is 0. The van der Waals surface area contributed by atoms with E-state index < -0.39 is 0 Å². The maximum atomic E-state index is 4.69. The minimum Gasteiger partial charge on any atom is -0.356 e. The van der Waals surface area contributed by atoms with Crippen LogP contribution in [0.2, 0.25) is 0 Å². The van der Waals surface area contributed by atoms with Gasteiger partial charge in [0, 0.05) is 50.3 Å². The first-order chi connectivity index (χ1) is 12.9. The third-order valence-electron chi connectivity index (χ3n) is 3.88. The molecule has 0 fully saturated rings. The molecule has 7 heteroatoms. The number of guanidine groups is 1. The molecule has 3 rings (SSSR count). The number of benzene rings is 1. The predicted molar refractivity (Wildman–Crippen MR) is 119 cm³/mol. The van der Waals surface area contributed by atoms with E-state index in [-0.39, 0.29) is 24.0 Å². The van der Waals surface area contributed by atoms with E-state index in [9.17, 15) is 0 Å². The fourth-order valence-electron chi connectivity index (χ4n) is 2.51. The van der Waals surface area contributed by atoms with Crippen molar-refractivity contribution in [1.82, 2.24) is 25.2 Å². The van der Waals surface area contributed by atoms with Crippen molar-refractivity contribution in [2.24, 2.45) is 4.99 Å². The van der Waals surface area contributed by atoms with Crippen molar-refractivity contribution < 1.29 is 0 Å². The molecular weight excluding hydrogens is 451 g/mol. The van der Waals surface area contributed by atoms with Crippen LogP contribution in [-0.4, -0.2) is 33.6 Å². The van der Waals surface area contributed by atoms with Crippen molar-refractivity contribution >= 4 is 29.9 Å². The molecule has 0 aliphatic heterocycles. The Morgan fingerprint density at radius 1 is 0.963 bits per heavy atom. The Morgan fingerprint density at radius 2 is 1.78 bits per heavy atom. The van der Waals surface area contributed by atoms with Crippen LogP contribution < -0.4 is 10.6 Å². The van der Waals surface area contributed by atoms with Gasteiger partial charge >= 0.3 is 0 Å². The van der Waals surface area contributed by atoms with E-state index in [2.05, 4.69) is 32.7 Å². The molecule has 0 unspecified atom stereocenters. The minimum absolute atomic E-state index is 0. The highest BCUT2D eigenvalue weighted by molar-refractivity contribution is 14.0. The average Bonchev–Trinajstić information content (AvgIpc) is 3.21. The first-order valence-electron chi connectivity index (χ1n) is 8.82. The zero-order valence-corrected chi connectivity index (χ0v) is 17.5. The molecule has 2 N–H and O–H groups in total. The summed E-state index contributed by atoms with van der Waals surface area (Å²) in [6.07, 6.45) is 8.24. The number of nitrogens with one attached hydrogen (secondary N) is 2. The molecule has 1 aromatic carbocycles. The Hall–Kier alpha value is -2.42. The highest BCUT2D eigenvalue weighted by Gasteiger charge is 2.00. The van der Waals surface area contributed by atoms with Crippen LogP contribution >= 0.6 is 24.0 Å². The largest absolute Gasteiger partial charge is 0.356 e. The van der Waals surface area contributed by atoms with Crippen LogP contribution in [0.4, 0.5) is 0 Å². The van der Waals surface area contributed by atoms with Crippen LogP contribution in [0.1, 0.15) is 11.3 Å². The quantitative estimate of drug-likeness (QED) is 0.298. The van der Waals surface area contributed by atoms with Gasteiger partial charge in [-0.2, -0.15) is 0 Å². The molecule has 0 aliphatic rings. The maximum absolute atomic E-state index is 4.69. The van der Waals surface area contributed by atoms with E-state index in [1.807, 2.05) is 59.7 Å². The number of rotatable bonds is 8. The Morgan fingerprint density at radius 3 is 2.52 bits per heavy atom. The third-order valence-corrected chi connectivity index (χ3v) is 3.88. The molecule has 0 radical (unpaired) electrons. The molecule has 0 bridgehead atoms. The van der Waals surface area contributed by atoms with Crippen LogP contribution in [0, 0.1) is 0 Å². The first kappa shape index (κ1) is 20.9. The summed E-state index contributed by atoms with van der Waals surface area (Å²) in [7, 11) is 0. The number of halogens is 1. The second-order valence-electron chi connectivity index (χ2n) is 5.88. The summed E-state index contributed by atoms with van der Waals surface area (Å²) in [4.78, 5) is 13.1. The summed E-state index contributed by atoms with van der Waals surface area (Å²) in [5.74, 6) is 0.810. The van der Waals surface area contributed by atoms with Crippen LogP contribution in [-0.2, 0) is 19.5 Å². The molecule has 6 nitrogen and oxygen atoms in total. The predicted octanol–water partition coefficient (Wildman–Crippen LogP) is 2.87. The number of hydrogen-bond donors (Lipinski definition) is 2. The standard InChI is InChI=1S/C20H24N6.HI/c1-2-6-18(7-3-1)16-25-20(24-13-15-26-14-12-21-17-26)23-11-9-19-8-4-5-10-22-19;/h1-8,10,12,14,17H,9,11,13,15-16H2,(H2,23,24,25);1H. The van der Waals surface area contributed by atoms with Crippen molar-refractivity contribution in [3.63, 3.8) is 0 Å². The molecule has 0 amide bonds. The lowest BCUT2D eigenvalue weighted by Gasteiger charge is -2.13. The lowest BCUT2D eigenvalue weighted by atomic mass is 10.2. The Balaban J connectivity index is 0.00000261. The average molecular weight is 476 g/mol. The number of imidazole rings is 1. The minimum atomic E-state index is 0. The normalized spacial score (nSPS) is 10.9. The summed E-state index contributed by atoms with van der Waals surface area (Å²) in [5, 5.41) is 6.78. The molecule has 0 aliphatic carbocycles. The van der Waals surface area contributed by atoms with Gasteiger partial charge in [0.25, 0.3) is 0 Å². The van der Waals surface area contributed by atoms with Gasteiger partial charge in [-0.25, -0.2) is 9.98 Å². The molecule has 0 atom stereocenters. The number of aromatic nitrogens is 3. The smallest absolute Gasteiger partial charge is 0.191 e. The summed E-state index contributed by atoms with van der Waals surface area (Å²) in [5.41, 5.74) is 2.26. The van der Waals surface area contributed by atoms with Crippen molar-refractivity contribution in [2.45, 2.75) is 19.5 Å². The lowest BCUT2D eigenvalue weighted by molar-refractivity contribution is 0.659. The summed E-state index contributed by atoms with van der Waals surface area (Å²) in [6, 6.07) is 16.2. The van der Waals surface area contributed by atoms with E-state index >= 15 is 0 Å². The van der Waals surface area contributed by atoms with Crippen LogP contribution in [0.15, 0.2) is 78.4 Å². The van der Waals surface area contributed by atoms with Gasteiger partial charge in [0.15, 0.2) is 5.96 Å². The number of aliphatic imine (C=N–C) groups is 1. The molecule has 3 aromatic rings. The topological polar surface area (TPSA) is 67.1 Å². The van der Waals surface area contributed by atoms with Crippen molar-refractivity contribution in [3.8, 4) is 0 Å². The Kier molecular flexibility index (Phi) is 9.33. The summed E-state index contributed by atoms with van der Waals surface area (Å²) in [6.45, 7) is 3.04. The van der Waals surface area contributed by atoms with Gasteiger partial charge < -0.3 is 15.2 Å². The van der Waals surface area contributed by atoms with Gasteiger partial charge in [-0.05, 0) is 17.7 Å². The van der Waals surface area contributed by atoms with Crippen LogP contribution in [0.25, 0.3) is 0 Å². The lowest BCUT2D eigenvalue weighted by Crippen LogP contribution is -2.40. The van der Waals surface area contributed by atoms with E-state index in [4.69, 9.17) is 4.99 Å². The van der Waals surface area contributed by atoms with Gasteiger partial charge in [0.05, 0.1) is 12.9 Å². The van der Waals surface area contributed by atoms with E-state index in [1.54, 1.807) is 6.20 Å². The van der Waals surface area contributed by atoms with Crippen molar-refractivity contribution in [1.29, 1.82) is 0 Å². The molecule has 27 heavy (non-hydrogen) atoms. The Labute approximate surface area is 177 Å². The zero-order valence-electron chi connectivity index (χ0n) is 15.2. The Bertz CT molecular complexity index is 775. The highest BCUT2D eigenvalue weighted by Crippen LogP contribution is 2.00. The molecule has 0 saturated heterocycles. The fraction of sp³-hybridized carbons (Fsp3) is 0.250. The summed E-state index contributed by atoms with van der Waals surface area (Å²) < 4.78 is 2.04. The maximum Gasteiger partial charge on any atom is 0.191 e. The second-order valence-corrected chi connectivity index (χ2v) is 5.88. The number of hydrogen-bond acceptors (Lipinski definition) is 3. The fourth-order valence-corrected chi connectivity index (χ4v) is 2.51. The molecule has 0 saturated carbocycles. The van der Waals surface area contributed by atoms with E-state index in [0.717, 1.165) is 37.7 Å². The number of nitrogens with zero attached hydrogens (tertiary/aromatic N) is 4. The van der Waals surface area contributed by atoms with Gasteiger partial charge in [-0.3, -0.25) is 4.98 Å². The number of pyridine rings is 1. The monoisotopic (exact) mass is 476 g/mol. The first-order valence-corrected chi connectivity index (χ1v) is 8.82. The molecular formula is C20H25IN6. The van der Waals surface area contributed by atoms with E-state index in [1.165, 1.54) is 5.56 Å². The molecule has 142 valence electrons. The van der Waals surface area contributed by atoms with Gasteiger partial charge in [-0.1, -0.05) is 36.4 Å². The van der Waals surface area contributed by atoms with Gasteiger partial charge in [-0.15, -0.1) is 24.0 Å². The van der Waals surface area contributed by atoms with E-state index in [0.29, 0.717) is 6.54 Å². The molecule has 2 heterocycles. The highest BCUT2D eigenvalue weighted by atomic mass is 127. The second kappa shape index (κ2) is 12.1. The SMILES string of the molecule is I.c1ccc(CN=C(NCCc2ccccn2)NCCn2ccnc2)cc1. The third kappa shape index (κ3) is 7.78. The van der Waals surface area contributed by atoms with Gasteiger partial charge in [0.2, 0.25) is 0 Å². The molecule has 2 aromatic heterocycles. The van der Waals surface area contributed by atoms with Crippen molar-refractivity contribution in [2.75, 3.05) is 13.1 Å². The van der Waals surface area contributed by atoms with Gasteiger partial charge in [0.1, 0.15) is 0 Å². The van der Waals surface area contributed by atoms with Crippen LogP contribution in [0.3, 0.4) is 0 Å². The molecule has 0 spiro atoms. The zero-order chi connectivity index (χ0) is 17.9.